The first-order chi connectivity index (χ1) is 20.5. The number of thioether (sulfide) groups is 1. The minimum absolute atomic E-state index is 0.0459. The number of anilines is 1. The molecule has 1 aliphatic heterocycles. The monoisotopic (exact) mass is 591 g/mol. The van der Waals surface area contributed by atoms with Gasteiger partial charge in [0.25, 0.3) is 11.8 Å². The highest BCUT2D eigenvalue weighted by Gasteiger charge is 2.23. The van der Waals surface area contributed by atoms with Crippen LogP contribution in [-0.2, 0) is 0 Å². The molecule has 1 aromatic heterocycles. The fourth-order valence-corrected chi connectivity index (χ4v) is 7.07. The van der Waals surface area contributed by atoms with Crippen molar-refractivity contribution in [3.8, 4) is 11.1 Å². The van der Waals surface area contributed by atoms with E-state index in [0.717, 1.165) is 58.0 Å². The van der Waals surface area contributed by atoms with Crippen LogP contribution in [0.4, 0.5) is 5.69 Å². The van der Waals surface area contributed by atoms with Crippen molar-refractivity contribution in [1.29, 1.82) is 0 Å². The zero-order valence-electron chi connectivity index (χ0n) is 22.9. The zero-order valence-corrected chi connectivity index (χ0v) is 24.5. The van der Waals surface area contributed by atoms with E-state index < -0.39 is 0 Å². The van der Waals surface area contributed by atoms with E-state index in [4.69, 9.17) is 0 Å². The number of nitrogens with zero attached hydrogens (tertiary/aromatic N) is 2. The molecule has 1 saturated heterocycles. The van der Waals surface area contributed by atoms with Crippen LogP contribution in [0.25, 0.3) is 21.3 Å². The van der Waals surface area contributed by atoms with E-state index >= 15 is 0 Å². The molecular formula is C34H29N3O3S2. The summed E-state index contributed by atoms with van der Waals surface area (Å²) in [6, 6.07) is 30.3. The van der Waals surface area contributed by atoms with Crippen molar-refractivity contribution < 1.29 is 14.4 Å². The molecule has 0 spiro atoms. The molecule has 0 radical (unpaired) electrons. The van der Waals surface area contributed by atoms with Crippen molar-refractivity contribution in [1.82, 2.24) is 9.88 Å². The van der Waals surface area contributed by atoms with Gasteiger partial charge in [-0.2, -0.15) is 0 Å². The Bertz CT molecular complexity index is 1740. The molecule has 6 nitrogen and oxygen atoms in total. The molecule has 1 aliphatic rings. The lowest BCUT2D eigenvalue weighted by Gasteiger charge is -2.27. The zero-order chi connectivity index (χ0) is 28.9. The lowest BCUT2D eigenvalue weighted by molar-refractivity contribution is 0.0720. The van der Waals surface area contributed by atoms with Crippen LogP contribution in [0.2, 0.25) is 0 Å². The van der Waals surface area contributed by atoms with E-state index in [-0.39, 0.29) is 23.4 Å². The first-order valence-corrected chi connectivity index (χ1v) is 15.8. The van der Waals surface area contributed by atoms with E-state index in [9.17, 15) is 14.4 Å². The van der Waals surface area contributed by atoms with Crippen LogP contribution in [0.3, 0.4) is 0 Å². The quantitative estimate of drug-likeness (QED) is 0.147. The Labute approximate surface area is 252 Å². The van der Waals surface area contributed by atoms with Crippen LogP contribution in [0.15, 0.2) is 101 Å². The molecule has 210 valence electrons. The molecule has 2 heterocycles. The van der Waals surface area contributed by atoms with Gasteiger partial charge in [-0.3, -0.25) is 14.4 Å². The molecule has 4 aromatic carbocycles. The highest BCUT2D eigenvalue weighted by Crippen LogP contribution is 2.32. The largest absolute Gasteiger partial charge is 0.339 e. The highest BCUT2D eigenvalue weighted by molar-refractivity contribution is 8.01. The summed E-state index contributed by atoms with van der Waals surface area (Å²) in [6.45, 7) is 1.45. The topological polar surface area (TPSA) is 79.4 Å². The van der Waals surface area contributed by atoms with Gasteiger partial charge >= 0.3 is 0 Å². The van der Waals surface area contributed by atoms with Gasteiger partial charge in [-0.05, 0) is 60.7 Å². The SMILES string of the molecule is O=C(CSc1nc2ccc(NC(=O)c3ccccc3C(=O)N3CCCCC3)cc2s1)c1ccc(-c2ccccc2)cc1. The molecule has 2 amide bonds. The number of ketones is 1. The summed E-state index contributed by atoms with van der Waals surface area (Å²) in [7, 11) is 0. The van der Waals surface area contributed by atoms with Gasteiger partial charge in [0.05, 0.1) is 27.1 Å². The fourth-order valence-electron chi connectivity index (χ4n) is 5.07. The summed E-state index contributed by atoms with van der Waals surface area (Å²) in [5.41, 5.74) is 5.09. The number of carbonyl (C=O) groups excluding carboxylic acids is 3. The van der Waals surface area contributed by atoms with Crippen LogP contribution in [0, 0.1) is 0 Å². The van der Waals surface area contributed by atoms with E-state index in [1.54, 1.807) is 24.3 Å². The van der Waals surface area contributed by atoms with Gasteiger partial charge in [0.15, 0.2) is 10.1 Å². The van der Waals surface area contributed by atoms with E-state index in [0.29, 0.717) is 22.4 Å². The third kappa shape index (κ3) is 6.30. The summed E-state index contributed by atoms with van der Waals surface area (Å²) in [5.74, 6) is -0.0831. The number of piperidine rings is 1. The maximum atomic E-state index is 13.2. The van der Waals surface area contributed by atoms with Gasteiger partial charge in [-0.1, -0.05) is 78.5 Å². The number of hydrogen-bond acceptors (Lipinski definition) is 6. The van der Waals surface area contributed by atoms with Gasteiger partial charge in [-0.25, -0.2) is 4.98 Å². The molecule has 0 aliphatic carbocycles. The Morgan fingerprint density at radius 2 is 1.48 bits per heavy atom. The summed E-state index contributed by atoms with van der Waals surface area (Å²) in [5, 5.41) is 2.95. The van der Waals surface area contributed by atoms with E-state index in [2.05, 4.69) is 10.3 Å². The number of aromatic nitrogens is 1. The Hall–Kier alpha value is -4.27. The Balaban J connectivity index is 1.10. The molecular weight excluding hydrogens is 563 g/mol. The van der Waals surface area contributed by atoms with Gasteiger partial charge < -0.3 is 10.2 Å². The molecule has 1 N–H and O–H groups in total. The first-order valence-electron chi connectivity index (χ1n) is 14.0. The summed E-state index contributed by atoms with van der Waals surface area (Å²) >= 11 is 2.90. The lowest BCUT2D eigenvalue weighted by Crippen LogP contribution is -2.36. The second kappa shape index (κ2) is 12.7. The number of amides is 2. The minimum Gasteiger partial charge on any atom is -0.339 e. The smallest absolute Gasteiger partial charge is 0.256 e. The van der Waals surface area contributed by atoms with Crippen LogP contribution in [-0.4, -0.2) is 46.3 Å². The molecule has 1 fully saturated rings. The number of likely N-dealkylation sites (tertiary alicyclic amines) is 1. The molecule has 0 atom stereocenters. The Kier molecular flexibility index (Phi) is 8.44. The molecule has 5 aromatic rings. The van der Waals surface area contributed by atoms with Crippen molar-refractivity contribution in [2.45, 2.75) is 23.6 Å². The average Bonchev–Trinajstić information content (AvgIpc) is 3.46. The van der Waals surface area contributed by atoms with Crippen molar-refractivity contribution in [3.63, 3.8) is 0 Å². The number of thiazole rings is 1. The normalized spacial score (nSPS) is 13.2. The predicted molar refractivity (Wildman–Crippen MR) is 171 cm³/mol. The summed E-state index contributed by atoms with van der Waals surface area (Å²) < 4.78 is 1.70. The maximum absolute atomic E-state index is 13.2. The van der Waals surface area contributed by atoms with Crippen LogP contribution in [0.1, 0.15) is 50.3 Å². The third-order valence-electron chi connectivity index (χ3n) is 7.31. The number of hydrogen-bond donors (Lipinski definition) is 1. The summed E-state index contributed by atoms with van der Waals surface area (Å²) in [4.78, 5) is 45.7. The second-order valence-corrected chi connectivity index (χ2v) is 12.4. The van der Waals surface area contributed by atoms with Gasteiger partial charge in [0.2, 0.25) is 0 Å². The predicted octanol–water partition coefficient (Wildman–Crippen LogP) is 7.82. The van der Waals surface area contributed by atoms with Crippen LogP contribution < -0.4 is 5.32 Å². The first kappa shape index (κ1) is 27.9. The number of fused-ring (bicyclic) bond motifs is 1. The minimum atomic E-state index is -0.321. The second-order valence-electron chi connectivity index (χ2n) is 10.2. The maximum Gasteiger partial charge on any atom is 0.256 e. The molecule has 8 heteroatoms. The van der Waals surface area contributed by atoms with Crippen molar-refractivity contribution in [3.05, 3.63) is 114 Å². The van der Waals surface area contributed by atoms with Crippen molar-refractivity contribution in [2.75, 3.05) is 24.2 Å². The van der Waals surface area contributed by atoms with Crippen molar-refractivity contribution in [2.24, 2.45) is 0 Å². The van der Waals surface area contributed by atoms with Gasteiger partial charge in [0, 0.05) is 24.3 Å². The van der Waals surface area contributed by atoms with Gasteiger partial charge in [-0.15, -0.1) is 11.3 Å². The number of carbonyl (C=O) groups is 3. The van der Waals surface area contributed by atoms with Crippen molar-refractivity contribution >= 4 is 56.6 Å². The number of nitrogens with one attached hydrogen (secondary N) is 1. The molecule has 42 heavy (non-hydrogen) atoms. The Morgan fingerprint density at radius 3 is 2.24 bits per heavy atom. The number of rotatable bonds is 8. The molecule has 0 unspecified atom stereocenters. The lowest BCUT2D eigenvalue weighted by atomic mass is 10.0. The van der Waals surface area contributed by atoms with Crippen LogP contribution in [0.5, 0.6) is 0 Å². The standard InChI is InChI=1S/C34H29N3O3S2/c38-30(25-15-13-24(14-16-25)23-9-3-1-4-10-23)22-41-34-36-29-18-17-26(21-31(29)42-34)35-32(39)27-11-5-6-12-28(27)33(40)37-19-7-2-8-20-37/h1,3-6,9-18,21H,2,7-8,19-20,22H2,(H,35,39). The fraction of sp³-hybridized carbons (Fsp3) is 0.176. The molecule has 0 saturated carbocycles. The van der Waals surface area contributed by atoms with Crippen LogP contribution >= 0.6 is 23.1 Å². The average molecular weight is 592 g/mol. The highest BCUT2D eigenvalue weighted by atomic mass is 32.2. The summed E-state index contributed by atoms with van der Waals surface area (Å²) in [6.07, 6.45) is 3.11. The number of Topliss-reactive ketones (excluding diaryl/α,β-unsaturated/α-hetero) is 1. The van der Waals surface area contributed by atoms with E-state index in [1.807, 2.05) is 77.7 Å². The van der Waals surface area contributed by atoms with E-state index in [1.165, 1.54) is 23.1 Å². The third-order valence-corrected chi connectivity index (χ3v) is 9.47. The molecule has 0 bridgehead atoms. The molecule has 6 rings (SSSR count). The number of benzene rings is 4. The Morgan fingerprint density at radius 1 is 0.786 bits per heavy atom. The van der Waals surface area contributed by atoms with Gasteiger partial charge in [0.1, 0.15) is 0 Å².